The molecule has 18 heavy (non-hydrogen) atoms. The van der Waals surface area contributed by atoms with Gasteiger partial charge in [0.25, 0.3) is 0 Å². The van der Waals surface area contributed by atoms with Gasteiger partial charge in [0, 0.05) is 24.8 Å². The Morgan fingerprint density at radius 2 is 2.06 bits per heavy atom. The predicted molar refractivity (Wildman–Crippen MR) is 75.7 cm³/mol. The van der Waals surface area contributed by atoms with E-state index in [-0.39, 0.29) is 12.1 Å². The Morgan fingerprint density at radius 3 is 2.61 bits per heavy atom. The van der Waals surface area contributed by atoms with Crippen molar-refractivity contribution in [2.45, 2.75) is 38.8 Å². The summed E-state index contributed by atoms with van der Waals surface area (Å²) in [5.41, 5.74) is 8.38. The highest BCUT2D eigenvalue weighted by atomic mass is 16.3. The monoisotopic (exact) mass is 248 g/mol. The first-order valence-corrected chi connectivity index (χ1v) is 6.90. The topological polar surface area (TPSA) is 49.5 Å². The van der Waals surface area contributed by atoms with E-state index in [0.717, 1.165) is 25.9 Å². The number of aliphatic hydroxyl groups excluding tert-OH is 1. The van der Waals surface area contributed by atoms with Crippen LogP contribution in [0.15, 0.2) is 24.3 Å². The minimum Gasteiger partial charge on any atom is -0.391 e. The third kappa shape index (κ3) is 2.85. The molecule has 0 spiro atoms. The second kappa shape index (κ2) is 5.72. The number of aliphatic hydroxyl groups is 1. The lowest BCUT2D eigenvalue weighted by Crippen LogP contribution is -2.42. The maximum absolute atomic E-state index is 9.93. The molecule has 0 saturated carbocycles. The van der Waals surface area contributed by atoms with Crippen molar-refractivity contribution >= 4 is 5.69 Å². The number of piperidine rings is 1. The van der Waals surface area contributed by atoms with Crippen LogP contribution in [0.25, 0.3) is 0 Å². The zero-order chi connectivity index (χ0) is 13.1. The molecular formula is C15H24N2O. The fourth-order valence-corrected chi connectivity index (χ4v) is 2.45. The van der Waals surface area contributed by atoms with Crippen molar-refractivity contribution in [2.75, 3.05) is 18.0 Å². The van der Waals surface area contributed by atoms with Crippen LogP contribution in [0.5, 0.6) is 0 Å². The number of nitrogens with zero attached hydrogens (tertiary/aromatic N) is 1. The number of β-amino-alcohol motifs (C(OH)–C–C–N with tert-alkyl or cyclic N) is 1. The number of rotatable bonds is 3. The SMILES string of the molecule is CC[C@H](N)c1ccc(N2CCC(C)C(O)C2)cc1. The molecule has 0 radical (unpaired) electrons. The normalized spacial score (nSPS) is 26.1. The van der Waals surface area contributed by atoms with Gasteiger partial charge in [0.05, 0.1) is 6.10 Å². The van der Waals surface area contributed by atoms with Crippen LogP contribution in [0.2, 0.25) is 0 Å². The van der Waals surface area contributed by atoms with E-state index in [9.17, 15) is 5.11 Å². The van der Waals surface area contributed by atoms with Crippen LogP contribution in [-0.2, 0) is 0 Å². The third-order valence-electron chi connectivity index (χ3n) is 4.04. The van der Waals surface area contributed by atoms with Gasteiger partial charge in [0.2, 0.25) is 0 Å². The first-order chi connectivity index (χ1) is 8.61. The van der Waals surface area contributed by atoms with Gasteiger partial charge >= 0.3 is 0 Å². The van der Waals surface area contributed by atoms with E-state index in [0.29, 0.717) is 5.92 Å². The lowest BCUT2D eigenvalue weighted by molar-refractivity contribution is 0.103. The van der Waals surface area contributed by atoms with Gasteiger partial charge in [-0.25, -0.2) is 0 Å². The van der Waals surface area contributed by atoms with Crippen LogP contribution in [0, 0.1) is 5.92 Å². The Kier molecular flexibility index (Phi) is 4.25. The van der Waals surface area contributed by atoms with E-state index in [1.807, 2.05) is 0 Å². The fourth-order valence-electron chi connectivity index (χ4n) is 2.45. The van der Waals surface area contributed by atoms with Gasteiger partial charge in [-0.05, 0) is 36.5 Å². The van der Waals surface area contributed by atoms with Gasteiger partial charge in [0.1, 0.15) is 0 Å². The minimum atomic E-state index is -0.212. The van der Waals surface area contributed by atoms with Crippen molar-refractivity contribution in [2.24, 2.45) is 11.7 Å². The summed E-state index contributed by atoms with van der Waals surface area (Å²) >= 11 is 0. The van der Waals surface area contributed by atoms with Crippen molar-refractivity contribution in [1.29, 1.82) is 0 Å². The van der Waals surface area contributed by atoms with Crippen LogP contribution in [0.3, 0.4) is 0 Å². The van der Waals surface area contributed by atoms with Crippen molar-refractivity contribution in [3.63, 3.8) is 0 Å². The molecule has 0 aliphatic carbocycles. The second-order valence-corrected chi connectivity index (χ2v) is 5.39. The quantitative estimate of drug-likeness (QED) is 0.863. The van der Waals surface area contributed by atoms with Crippen LogP contribution in [0.4, 0.5) is 5.69 Å². The molecule has 3 atom stereocenters. The summed E-state index contributed by atoms with van der Waals surface area (Å²) in [6, 6.07) is 8.58. The number of hydrogen-bond donors (Lipinski definition) is 2. The number of hydrogen-bond acceptors (Lipinski definition) is 3. The van der Waals surface area contributed by atoms with E-state index >= 15 is 0 Å². The van der Waals surface area contributed by atoms with Crippen molar-refractivity contribution in [3.05, 3.63) is 29.8 Å². The van der Waals surface area contributed by atoms with E-state index in [4.69, 9.17) is 5.73 Å². The van der Waals surface area contributed by atoms with E-state index in [2.05, 4.69) is 43.0 Å². The number of anilines is 1. The van der Waals surface area contributed by atoms with Gasteiger partial charge in [-0.15, -0.1) is 0 Å². The van der Waals surface area contributed by atoms with Crippen molar-refractivity contribution in [3.8, 4) is 0 Å². The largest absolute Gasteiger partial charge is 0.391 e. The van der Waals surface area contributed by atoms with Gasteiger partial charge in [-0.1, -0.05) is 26.0 Å². The molecule has 2 unspecified atom stereocenters. The standard InChI is InChI=1S/C15H24N2O/c1-3-14(16)12-4-6-13(7-5-12)17-9-8-11(2)15(18)10-17/h4-7,11,14-15,18H,3,8-10,16H2,1-2H3/t11?,14-,15?/m0/s1. The predicted octanol–water partition coefficient (Wildman–Crippen LogP) is 2.30. The molecule has 1 aliphatic rings. The lowest BCUT2D eigenvalue weighted by atomic mass is 9.95. The Balaban J connectivity index is 2.06. The highest BCUT2D eigenvalue weighted by Gasteiger charge is 2.24. The van der Waals surface area contributed by atoms with E-state index < -0.39 is 0 Å². The summed E-state index contributed by atoms with van der Waals surface area (Å²) < 4.78 is 0. The van der Waals surface area contributed by atoms with Crippen LogP contribution in [0.1, 0.15) is 38.3 Å². The highest BCUT2D eigenvalue weighted by Crippen LogP contribution is 2.25. The summed E-state index contributed by atoms with van der Waals surface area (Å²) in [6.07, 6.45) is 1.80. The Labute approximate surface area is 110 Å². The summed E-state index contributed by atoms with van der Waals surface area (Å²) in [7, 11) is 0. The third-order valence-corrected chi connectivity index (χ3v) is 4.04. The molecule has 1 aliphatic heterocycles. The summed E-state index contributed by atoms with van der Waals surface area (Å²) in [6.45, 7) is 5.98. The molecule has 1 saturated heterocycles. The fraction of sp³-hybridized carbons (Fsp3) is 0.600. The van der Waals surface area contributed by atoms with E-state index in [1.165, 1.54) is 11.3 Å². The maximum Gasteiger partial charge on any atom is 0.0741 e. The first kappa shape index (κ1) is 13.4. The molecule has 3 heteroatoms. The molecule has 2 rings (SSSR count). The zero-order valence-corrected chi connectivity index (χ0v) is 11.3. The molecule has 3 N–H and O–H groups in total. The van der Waals surface area contributed by atoms with Gasteiger partial charge in [-0.2, -0.15) is 0 Å². The Morgan fingerprint density at radius 1 is 1.39 bits per heavy atom. The van der Waals surface area contributed by atoms with E-state index in [1.54, 1.807) is 0 Å². The molecule has 100 valence electrons. The molecule has 1 aromatic carbocycles. The summed E-state index contributed by atoms with van der Waals surface area (Å²) in [5.74, 6) is 0.411. The molecule has 1 fully saturated rings. The lowest BCUT2D eigenvalue weighted by Gasteiger charge is -2.36. The van der Waals surface area contributed by atoms with Gasteiger partial charge in [0.15, 0.2) is 0 Å². The molecule has 0 amide bonds. The van der Waals surface area contributed by atoms with Crippen LogP contribution < -0.4 is 10.6 Å². The molecule has 0 aromatic heterocycles. The maximum atomic E-state index is 9.93. The van der Waals surface area contributed by atoms with Crippen LogP contribution >= 0.6 is 0 Å². The molecule has 0 bridgehead atoms. The van der Waals surface area contributed by atoms with Crippen molar-refractivity contribution in [1.82, 2.24) is 0 Å². The smallest absolute Gasteiger partial charge is 0.0741 e. The second-order valence-electron chi connectivity index (χ2n) is 5.39. The molecule has 3 nitrogen and oxygen atoms in total. The molecule has 1 aromatic rings. The zero-order valence-electron chi connectivity index (χ0n) is 11.3. The summed E-state index contributed by atoms with van der Waals surface area (Å²) in [5, 5.41) is 9.93. The Bertz CT molecular complexity index is 377. The average molecular weight is 248 g/mol. The van der Waals surface area contributed by atoms with Gasteiger partial charge in [-0.3, -0.25) is 0 Å². The minimum absolute atomic E-state index is 0.131. The van der Waals surface area contributed by atoms with Crippen molar-refractivity contribution < 1.29 is 5.11 Å². The van der Waals surface area contributed by atoms with Gasteiger partial charge < -0.3 is 15.7 Å². The summed E-state index contributed by atoms with van der Waals surface area (Å²) in [4.78, 5) is 2.26. The van der Waals surface area contributed by atoms with Crippen LogP contribution in [-0.4, -0.2) is 24.3 Å². The molecular weight excluding hydrogens is 224 g/mol. The highest BCUT2D eigenvalue weighted by molar-refractivity contribution is 5.48. The molecule has 1 heterocycles. The first-order valence-electron chi connectivity index (χ1n) is 6.90. The Hall–Kier alpha value is -1.06. The number of benzene rings is 1. The number of nitrogens with two attached hydrogens (primary N) is 1. The average Bonchev–Trinajstić information content (AvgIpc) is 2.41.